The summed E-state index contributed by atoms with van der Waals surface area (Å²) in [5.74, 6) is 1.48. The zero-order valence-electron chi connectivity index (χ0n) is 9.16. The Balaban J connectivity index is 2.55. The van der Waals surface area contributed by atoms with Crippen molar-refractivity contribution in [3.05, 3.63) is 36.6 Å². The molecule has 0 radical (unpaired) electrons. The highest BCUT2D eigenvalue weighted by Crippen LogP contribution is 2.27. The summed E-state index contributed by atoms with van der Waals surface area (Å²) in [5, 5.41) is 0. The highest BCUT2D eigenvalue weighted by atomic mass is 16.5. The minimum atomic E-state index is 0.478. The second kappa shape index (κ2) is 5.96. The van der Waals surface area contributed by atoms with Crippen molar-refractivity contribution in [3.8, 4) is 11.5 Å². The summed E-state index contributed by atoms with van der Waals surface area (Å²) in [4.78, 5) is 0. The van der Waals surface area contributed by atoms with E-state index in [4.69, 9.17) is 14.2 Å². The van der Waals surface area contributed by atoms with Gasteiger partial charge in [-0.25, -0.2) is 0 Å². The Morgan fingerprint density at radius 2 is 2.07 bits per heavy atom. The van der Waals surface area contributed by atoms with E-state index in [-0.39, 0.29) is 0 Å². The minimum Gasteiger partial charge on any atom is -0.498 e. The van der Waals surface area contributed by atoms with Gasteiger partial charge in [-0.1, -0.05) is 12.6 Å². The number of hydrogen-bond acceptors (Lipinski definition) is 3. The molecule has 1 aromatic carbocycles. The molecule has 1 rings (SSSR count). The first-order valence-electron chi connectivity index (χ1n) is 4.78. The monoisotopic (exact) mass is 208 g/mol. The van der Waals surface area contributed by atoms with Crippen LogP contribution in [-0.4, -0.2) is 20.3 Å². The molecule has 3 heteroatoms. The van der Waals surface area contributed by atoms with Gasteiger partial charge < -0.3 is 14.2 Å². The molecule has 15 heavy (non-hydrogen) atoms. The van der Waals surface area contributed by atoms with Crippen molar-refractivity contribution in [2.24, 2.45) is 0 Å². The molecule has 0 atom stereocenters. The van der Waals surface area contributed by atoms with E-state index in [1.54, 1.807) is 7.11 Å². The molecule has 0 saturated heterocycles. The second-order valence-corrected chi connectivity index (χ2v) is 3.04. The maximum absolute atomic E-state index is 5.49. The molecule has 1 aromatic rings. The Morgan fingerprint density at radius 3 is 2.73 bits per heavy atom. The summed E-state index contributed by atoms with van der Waals surface area (Å²) in [5.41, 5.74) is 1.14. The van der Waals surface area contributed by atoms with Gasteiger partial charge in [0.15, 0.2) is 11.5 Å². The molecule has 0 heterocycles. The number of methoxy groups -OCH3 is 1. The van der Waals surface area contributed by atoms with Crippen LogP contribution in [0.15, 0.2) is 31.0 Å². The maximum atomic E-state index is 5.49. The van der Waals surface area contributed by atoms with Crippen molar-refractivity contribution in [1.82, 2.24) is 0 Å². The lowest BCUT2D eigenvalue weighted by molar-refractivity contribution is 0.176. The first kappa shape index (κ1) is 11.4. The van der Waals surface area contributed by atoms with Crippen molar-refractivity contribution in [3.63, 3.8) is 0 Å². The Labute approximate surface area is 90.3 Å². The molecule has 0 aliphatic heterocycles. The summed E-state index contributed by atoms with van der Waals surface area (Å²) < 4.78 is 15.6. The molecule has 0 N–H and O–H groups in total. The van der Waals surface area contributed by atoms with E-state index in [2.05, 4.69) is 6.58 Å². The third-order valence-corrected chi connectivity index (χ3v) is 1.90. The van der Waals surface area contributed by atoms with Crippen molar-refractivity contribution in [1.29, 1.82) is 0 Å². The van der Waals surface area contributed by atoms with Gasteiger partial charge in [-0.15, -0.1) is 0 Å². The topological polar surface area (TPSA) is 27.7 Å². The van der Waals surface area contributed by atoms with Crippen LogP contribution in [0.4, 0.5) is 0 Å². The zero-order chi connectivity index (χ0) is 11.1. The van der Waals surface area contributed by atoms with Crippen LogP contribution in [-0.2, 0) is 4.74 Å². The molecular formula is C12H16O3. The molecule has 0 aliphatic rings. The SMILES string of the molecule is C=COCCOc1ccc(C)cc1OC. The number of benzene rings is 1. The fourth-order valence-corrected chi connectivity index (χ4v) is 1.18. The minimum absolute atomic E-state index is 0.478. The second-order valence-electron chi connectivity index (χ2n) is 3.04. The van der Waals surface area contributed by atoms with E-state index in [1.807, 2.05) is 25.1 Å². The van der Waals surface area contributed by atoms with Gasteiger partial charge >= 0.3 is 0 Å². The lowest BCUT2D eigenvalue weighted by Gasteiger charge is -2.10. The third-order valence-electron chi connectivity index (χ3n) is 1.90. The van der Waals surface area contributed by atoms with Crippen LogP contribution in [0, 0.1) is 6.92 Å². The predicted molar refractivity (Wildman–Crippen MR) is 59.4 cm³/mol. The Morgan fingerprint density at radius 1 is 1.27 bits per heavy atom. The fraction of sp³-hybridized carbons (Fsp3) is 0.333. The molecule has 0 fully saturated rings. The van der Waals surface area contributed by atoms with Gasteiger partial charge in [0.2, 0.25) is 0 Å². The van der Waals surface area contributed by atoms with Crippen LogP contribution in [0.2, 0.25) is 0 Å². The Bertz CT molecular complexity index is 321. The van der Waals surface area contributed by atoms with Crippen molar-refractivity contribution in [2.75, 3.05) is 20.3 Å². The van der Waals surface area contributed by atoms with E-state index in [0.717, 1.165) is 17.1 Å². The van der Waals surface area contributed by atoms with Crippen LogP contribution >= 0.6 is 0 Å². The maximum Gasteiger partial charge on any atom is 0.161 e. The molecule has 3 nitrogen and oxygen atoms in total. The van der Waals surface area contributed by atoms with Crippen LogP contribution in [0.5, 0.6) is 11.5 Å². The first-order valence-corrected chi connectivity index (χ1v) is 4.78. The predicted octanol–water partition coefficient (Wildman–Crippen LogP) is 2.54. The summed E-state index contributed by atoms with van der Waals surface area (Å²) in [6.45, 7) is 6.42. The standard InChI is InChI=1S/C12H16O3/c1-4-14-7-8-15-11-6-5-10(2)9-12(11)13-3/h4-6,9H,1,7-8H2,2-3H3. The van der Waals surface area contributed by atoms with Gasteiger partial charge in [0.25, 0.3) is 0 Å². The van der Waals surface area contributed by atoms with Gasteiger partial charge in [-0.2, -0.15) is 0 Å². The van der Waals surface area contributed by atoms with Gasteiger partial charge in [0.1, 0.15) is 13.2 Å². The van der Waals surface area contributed by atoms with Gasteiger partial charge in [-0.3, -0.25) is 0 Å². The smallest absolute Gasteiger partial charge is 0.161 e. The fourth-order valence-electron chi connectivity index (χ4n) is 1.18. The Kier molecular flexibility index (Phi) is 4.54. The van der Waals surface area contributed by atoms with Crippen LogP contribution in [0.3, 0.4) is 0 Å². The van der Waals surface area contributed by atoms with Crippen LogP contribution in [0.1, 0.15) is 5.56 Å². The molecule has 0 saturated carbocycles. The normalized spacial score (nSPS) is 9.47. The highest BCUT2D eigenvalue weighted by Gasteiger charge is 2.03. The van der Waals surface area contributed by atoms with Crippen molar-refractivity contribution in [2.45, 2.75) is 6.92 Å². The quantitative estimate of drug-likeness (QED) is 0.531. The van der Waals surface area contributed by atoms with E-state index in [1.165, 1.54) is 6.26 Å². The number of rotatable bonds is 6. The lowest BCUT2D eigenvalue weighted by Crippen LogP contribution is -2.04. The van der Waals surface area contributed by atoms with Gasteiger partial charge in [0.05, 0.1) is 13.4 Å². The molecule has 0 aromatic heterocycles. The van der Waals surface area contributed by atoms with Crippen molar-refractivity contribution >= 4 is 0 Å². The van der Waals surface area contributed by atoms with E-state index in [0.29, 0.717) is 13.2 Å². The summed E-state index contributed by atoms with van der Waals surface area (Å²) in [7, 11) is 1.63. The summed E-state index contributed by atoms with van der Waals surface area (Å²) in [6, 6.07) is 5.80. The van der Waals surface area contributed by atoms with Gasteiger partial charge in [0, 0.05) is 0 Å². The zero-order valence-corrected chi connectivity index (χ0v) is 9.16. The molecule has 0 bridgehead atoms. The average Bonchev–Trinajstić information content (AvgIpc) is 2.26. The van der Waals surface area contributed by atoms with E-state index in [9.17, 15) is 0 Å². The van der Waals surface area contributed by atoms with E-state index >= 15 is 0 Å². The molecule has 0 aliphatic carbocycles. The number of aryl methyl sites for hydroxylation is 1. The largest absolute Gasteiger partial charge is 0.498 e. The average molecular weight is 208 g/mol. The number of hydrogen-bond donors (Lipinski definition) is 0. The van der Waals surface area contributed by atoms with Crippen LogP contribution < -0.4 is 9.47 Å². The molecule has 0 spiro atoms. The summed E-state index contributed by atoms with van der Waals surface area (Å²) >= 11 is 0. The Hall–Kier alpha value is -1.64. The third kappa shape index (κ3) is 3.54. The molecule has 82 valence electrons. The highest BCUT2D eigenvalue weighted by molar-refractivity contribution is 5.42. The van der Waals surface area contributed by atoms with E-state index < -0.39 is 0 Å². The van der Waals surface area contributed by atoms with Crippen LogP contribution in [0.25, 0.3) is 0 Å². The summed E-state index contributed by atoms with van der Waals surface area (Å²) in [6.07, 6.45) is 1.40. The number of ether oxygens (including phenoxy) is 3. The molecule has 0 unspecified atom stereocenters. The molecular weight excluding hydrogens is 192 g/mol. The first-order chi connectivity index (χ1) is 7.27. The van der Waals surface area contributed by atoms with Gasteiger partial charge in [-0.05, 0) is 24.6 Å². The lowest BCUT2D eigenvalue weighted by atomic mass is 10.2. The van der Waals surface area contributed by atoms with Crippen molar-refractivity contribution < 1.29 is 14.2 Å². The molecule has 0 amide bonds.